The van der Waals surface area contributed by atoms with Gasteiger partial charge in [0.05, 0.1) is 0 Å². The maximum absolute atomic E-state index is 12.3. The van der Waals surface area contributed by atoms with Crippen molar-refractivity contribution in [1.82, 2.24) is 29.8 Å². The maximum atomic E-state index is 12.3. The van der Waals surface area contributed by atoms with Crippen LogP contribution in [0.2, 0.25) is 0 Å². The number of rotatable bonds is 4. The molecule has 0 atom stereocenters. The van der Waals surface area contributed by atoms with E-state index in [1.807, 2.05) is 19.1 Å². The molecule has 2 aromatic heterocycles. The van der Waals surface area contributed by atoms with Crippen molar-refractivity contribution in [2.75, 3.05) is 19.6 Å². The van der Waals surface area contributed by atoms with Crippen LogP contribution < -0.4 is 5.32 Å². The molecule has 0 radical (unpaired) electrons. The molecule has 1 aliphatic heterocycles. The van der Waals surface area contributed by atoms with Crippen molar-refractivity contribution in [3.63, 3.8) is 0 Å². The van der Waals surface area contributed by atoms with E-state index in [9.17, 15) is 4.79 Å². The van der Waals surface area contributed by atoms with Gasteiger partial charge in [0.25, 0.3) is 11.7 Å². The lowest BCUT2D eigenvalue weighted by molar-refractivity contribution is 0.0904. The molecule has 2 aromatic rings. The SMILES string of the molecule is C=CCN1CCC(NC(=O)c2nc3nccc(C)n3n2)CC1. The number of nitrogens with zero attached hydrogens (tertiary/aromatic N) is 5. The molecule has 0 bridgehead atoms. The van der Waals surface area contributed by atoms with E-state index in [1.165, 1.54) is 0 Å². The van der Waals surface area contributed by atoms with Gasteiger partial charge in [0.15, 0.2) is 0 Å². The summed E-state index contributed by atoms with van der Waals surface area (Å²) in [6.45, 7) is 8.50. The molecule has 1 N–H and O–H groups in total. The molecule has 1 amide bonds. The average Bonchev–Trinajstić information content (AvgIpc) is 2.95. The van der Waals surface area contributed by atoms with Gasteiger partial charge in [-0.2, -0.15) is 4.98 Å². The molecule has 1 fully saturated rings. The number of amides is 1. The van der Waals surface area contributed by atoms with Crippen LogP contribution in [0.15, 0.2) is 24.9 Å². The monoisotopic (exact) mass is 300 g/mol. The summed E-state index contributed by atoms with van der Waals surface area (Å²) < 4.78 is 1.58. The summed E-state index contributed by atoms with van der Waals surface area (Å²) in [7, 11) is 0. The smallest absolute Gasteiger partial charge is 0.291 e. The summed E-state index contributed by atoms with van der Waals surface area (Å²) in [4.78, 5) is 22.9. The highest BCUT2D eigenvalue weighted by Gasteiger charge is 2.22. The average molecular weight is 300 g/mol. The van der Waals surface area contributed by atoms with Crippen molar-refractivity contribution in [1.29, 1.82) is 0 Å². The highest BCUT2D eigenvalue weighted by molar-refractivity contribution is 5.91. The number of aryl methyl sites for hydroxylation is 1. The van der Waals surface area contributed by atoms with Gasteiger partial charge in [0.2, 0.25) is 5.82 Å². The number of fused-ring (bicyclic) bond motifs is 1. The van der Waals surface area contributed by atoms with Crippen LogP contribution in [0.5, 0.6) is 0 Å². The number of piperidine rings is 1. The fraction of sp³-hybridized carbons (Fsp3) is 0.467. The first-order valence-corrected chi connectivity index (χ1v) is 7.50. The van der Waals surface area contributed by atoms with Crippen LogP contribution in [0.25, 0.3) is 5.78 Å². The molecule has 1 saturated heterocycles. The van der Waals surface area contributed by atoms with Gasteiger partial charge in [0, 0.05) is 37.6 Å². The zero-order valence-corrected chi connectivity index (χ0v) is 12.7. The lowest BCUT2D eigenvalue weighted by Gasteiger charge is -2.31. The molecule has 7 nitrogen and oxygen atoms in total. The van der Waals surface area contributed by atoms with Gasteiger partial charge in [0.1, 0.15) is 0 Å². The van der Waals surface area contributed by atoms with E-state index < -0.39 is 0 Å². The minimum atomic E-state index is -0.230. The van der Waals surface area contributed by atoms with Crippen molar-refractivity contribution in [2.24, 2.45) is 0 Å². The first-order chi connectivity index (χ1) is 10.7. The lowest BCUT2D eigenvalue weighted by atomic mass is 10.1. The fourth-order valence-corrected chi connectivity index (χ4v) is 2.70. The topological polar surface area (TPSA) is 75.4 Å². The van der Waals surface area contributed by atoms with E-state index in [4.69, 9.17) is 0 Å². The lowest BCUT2D eigenvalue weighted by Crippen LogP contribution is -2.44. The predicted molar refractivity (Wildman–Crippen MR) is 82.6 cm³/mol. The van der Waals surface area contributed by atoms with Crippen LogP contribution in [-0.2, 0) is 0 Å². The van der Waals surface area contributed by atoms with E-state index in [2.05, 4.69) is 31.9 Å². The van der Waals surface area contributed by atoms with Crippen LogP contribution in [0.4, 0.5) is 0 Å². The summed E-state index contributed by atoms with van der Waals surface area (Å²) in [5.74, 6) is 0.397. The molecule has 0 aliphatic carbocycles. The van der Waals surface area contributed by atoms with E-state index in [1.54, 1.807) is 10.7 Å². The Labute approximate surface area is 129 Å². The minimum absolute atomic E-state index is 0.175. The van der Waals surface area contributed by atoms with Crippen molar-refractivity contribution >= 4 is 11.7 Å². The van der Waals surface area contributed by atoms with Crippen LogP contribution >= 0.6 is 0 Å². The Morgan fingerprint density at radius 2 is 2.27 bits per heavy atom. The Morgan fingerprint density at radius 3 is 2.95 bits per heavy atom. The Balaban J connectivity index is 1.64. The van der Waals surface area contributed by atoms with Gasteiger partial charge in [-0.3, -0.25) is 9.69 Å². The van der Waals surface area contributed by atoms with Gasteiger partial charge in [-0.15, -0.1) is 11.7 Å². The number of hydrogen-bond acceptors (Lipinski definition) is 5. The number of hydrogen-bond donors (Lipinski definition) is 1. The summed E-state index contributed by atoms with van der Waals surface area (Å²) in [6.07, 6.45) is 5.44. The number of aromatic nitrogens is 4. The first kappa shape index (κ1) is 14.6. The summed E-state index contributed by atoms with van der Waals surface area (Å²) in [5, 5.41) is 7.25. The minimum Gasteiger partial charge on any atom is -0.346 e. The van der Waals surface area contributed by atoms with Gasteiger partial charge >= 0.3 is 0 Å². The third-order valence-corrected chi connectivity index (χ3v) is 3.94. The summed E-state index contributed by atoms with van der Waals surface area (Å²) >= 11 is 0. The molecule has 0 saturated carbocycles. The van der Waals surface area contributed by atoms with Gasteiger partial charge in [-0.1, -0.05) is 6.08 Å². The van der Waals surface area contributed by atoms with E-state index in [0.29, 0.717) is 5.78 Å². The zero-order chi connectivity index (χ0) is 15.5. The number of nitrogens with one attached hydrogen (secondary N) is 1. The molecule has 1 aliphatic rings. The van der Waals surface area contributed by atoms with Gasteiger partial charge in [-0.25, -0.2) is 9.50 Å². The molecule has 0 unspecified atom stereocenters. The highest BCUT2D eigenvalue weighted by Crippen LogP contribution is 2.11. The van der Waals surface area contributed by atoms with Crippen LogP contribution in [0, 0.1) is 6.92 Å². The molecule has 0 aromatic carbocycles. The van der Waals surface area contributed by atoms with Crippen LogP contribution in [0.3, 0.4) is 0 Å². The maximum Gasteiger partial charge on any atom is 0.291 e. The number of carbonyl (C=O) groups excluding carboxylic acids is 1. The van der Waals surface area contributed by atoms with E-state index in [-0.39, 0.29) is 17.8 Å². The number of likely N-dealkylation sites (tertiary alicyclic amines) is 1. The van der Waals surface area contributed by atoms with Crippen molar-refractivity contribution < 1.29 is 4.79 Å². The van der Waals surface area contributed by atoms with Gasteiger partial charge in [-0.05, 0) is 25.8 Å². The second-order valence-corrected chi connectivity index (χ2v) is 5.57. The summed E-state index contributed by atoms with van der Waals surface area (Å²) in [5.41, 5.74) is 0.897. The fourth-order valence-electron chi connectivity index (χ4n) is 2.70. The zero-order valence-electron chi connectivity index (χ0n) is 12.7. The second-order valence-electron chi connectivity index (χ2n) is 5.57. The van der Waals surface area contributed by atoms with Crippen LogP contribution in [-0.4, -0.2) is 56.1 Å². The van der Waals surface area contributed by atoms with Crippen molar-refractivity contribution in [3.05, 3.63) is 36.4 Å². The molecule has 3 heterocycles. The predicted octanol–water partition coefficient (Wildman–Crippen LogP) is 0.813. The number of carbonyl (C=O) groups is 1. The standard InChI is InChI=1S/C15H20N6O/c1-3-8-20-9-5-12(6-10-20)17-14(22)13-18-15-16-7-4-11(2)21(15)19-13/h3-4,7,12H,1,5-6,8-10H2,2H3,(H,17,22). The molecule has 0 spiro atoms. The molecular weight excluding hydrogens is 280 g/mol. The highest BCUT2D eigenvalue weighted by atomic mass is 16.2. The second kappa shape index (κ2) is 6.23. The molecular formula is C15H20N6O. The molecule has 116 valence electrons. The van der Waals surface area contributed by atoms with E-state index >= 15 is 0 Å². The third kappa shape index (κ3) is 2.99. The van der Waals surface area contributed by atoms with Gasteiger partial charge < -0.3 is 5.32 Å². The van der Waals surface area contributed by atoms with Crippen molar-refractivity contribution in [3.8, 4) is 0 Å². The normalized spacial score (nSPS) is 16.8. The first-order valence-electron chi connectivity index (χ1n) is 7.50. The Morgan fingerprint density at radius 1 is 1.50 bits per heavy atom. The Kier molecular flexibility index (Phi) is 4.15. The molecule has 22 heavy (non-hydrogen) atoms. The van der Waals surface area contributed by atoms with Crippen molar-refractivity contribution in [2.45, 2.75) is 25.8 Å². The molecule has 7 heteroatoms. The summed E-state index contributed by atoms with van der Waals surface area (Å²) in [6, 6.07) is 2.01. The van der Waals surface area contributed by atoms with E-state index in [0.717, 1.165) is 38.2 Å². The third-order valence-electron chi connectivity index (χ3n) is 3.94. The largest absolute Gasteiger partial charge is 0.346 e. The quantitative estimate of drug-likeness (QED) is 0.846. The van der Waals surface area contributed by atoms with Crippen LogP contribution in [0.1, 0.15) is 29.2 Å². The Bertz CT molecular complexity index is 686. The Hall–Kier alpha value is -2.28. The molecule has 3 rings (SSSR count).